The Bertz CT molecular complexity index is 844. The predicted octanol–water partition coefficient (Wildman–Crippen LogP) is 3.67. The van der Waals surface area contributed by atoms with Crippen molar-refractivity contribution in [3.8, 4) is 0 Å². The van der Waals surface area contributed by atoms with Crippen molar-refractivity contribution in [2.75, 3.05) is 30.3 Å². The van der Waals surface area contributed by atoms with Crippen molar-refractivity contribution in [1.82, 2.24) is 14.9 Å². The summed E-state index contributed by atoms with van der Waals surface area (Å²) in [7, 11) is 0. The van der Waals surface area contributed by atoms with Gasteiger partial charge in [-0.15, -0.1) is 0 Å². The molecule has 0 radical (unpaired) electrons. The van der Waals surface area contributed by atoms with E-state index in [0.717, 1.165) is 12.1 Å². The zero-order valence-corrected chi connectivity index (χ0v) is 15.2. The molecule has 3 rings (SSSR count). The quantitative estimate of drug-likeness (QED) is 0.752. The molecule has 1 fully saturated rings. The molecule has 0 atom stereocenters. The molecule has 0 unspecified atom stereocenters. The Kier molecular flexibility index (Phi) is 6.17. The lowest BCUT2D eigenvalue weighted by molar-refractivity contribution is 0.0983. The Labute approximate surface area is 159 Å². The average Bonchev–Trinajstić information content (AvgIpc) is 2.69. The van der Waals surface area contributed by atoms with Crippen molar-refractivity contribution < 1.29 is 22.7 Å². The normalized spacial score (nSPS) is 14.6. The van der Waals surface area contributed by atoms with Crippen molar-refractivity contribution in [3.05, 3.63) is 41.8 Å². The number of nitrogens with zero attached hydrogens (tertiary/aromatic N) is 3. The molecule has 28 heavy (non-hydrogen) atoms. The summed E-state index contributed by atoms with van der Waals surface area (Å²) in [5, 5.41) is 5.78. The Morgan fingerprint density at radius 2 is 1.96 bits per heavy atom. The summed E-state index contributed by atoms with van der Waals surface area (Å²) in [5.41, 5.74) is -0.265. The Morgan fingerprint density at radius 3 is 2.68 bits per heavy atom. The minimum Gasteiger partial charge on any atom is -0.450 e. The van der Waals surface area contributed by atoms with E-state index in [9.17, 15) is 18.0 Å². The fraction of sp³-hybridized carbons (Fsp3) is 0.389. The second-order valence-electron chi connectivity index (χ2n) is 6.22. The molecule has 2 heterocycles. The maximum Gasteiger partial charge on any atom is 0.409 e. The van der Waals surface area contributed by atoms with Gasteiger partial charge >= 0.3 is 6.09 Å². The largest absolute Gasteiger partial charge is 0.450 e. The first kappa shape index (κ1) is 19.7. The number of carbonyl (C=O) groups is 1. The maximum absolute atomic E-state index is 13.8. The van der Waals surface area contributed by atoms with Gasteiger partial charge in [-0.2, -0.15) is 4.98 Å². The Morgan fingerprint density at radius 1 is 1.21 bits per heavy atom. The first-order valence-electron chi connectivity index (χ1n) is 8.89. The van der Waals surface area contributed by atoms with Gasteiger partial charge in [0.05, 0.1) is 12.3 Å². The molecule has 2 aromatic rings. The molecule has 0 saturated carbocycles. The van der Waals surface area contributed by atoms with E-state index in [1.54, 1.807) is 17.9 Å². The second-order valence-corrected chi connectivity index (χ2v) is 6.22. The number of aromatic nitrogens is 2. The van der Waals surface area contributed by atoms with Crippen molar-refractivity contribution in [1.29, 1.82) is 0 Å². The van der Waals surface area contributed by atoms with Crippen LogP contribution in [0.25, 0.3) is 0 Å². The molecule has 2 N–H and O–H groups in total. The minimum absolute atomic E-state index is 0.0406. The Balaban J connectivity index is 1.60. The van der Waals surface area contributed by atoms with Gasteiger partial charge in [0.25, 0.3) is 0 Å². The summed E-state index contributed by atoms with van der Waals surface area (Å²) in [6.45, 7) is 3.23. The van der Waals surface area contributed by atoms with Crippen LogP contribution in [0.2, 0.25) is 0 Å². The third kappa shape index (κ3) is 4.62. The number of amides is 1. The zero-order valence-electron chi connectivity index (χ0n) is 15.2. The molecule has 1 aliphatic heterocycles. The maximum atomic E-state index is 13.8. The summed E-state index contributed by atoms with van der Waals surface area (Å²) in [5.74, 6) is -3.64. The number of benzene rings is 1. The number of halogens is 3. The minimum atomic E-state index is -1.56. The van der Waals surface area contributed by atoms with Crippen molar-refractivity contribution in [3.63, 3.8) is 0 Å². The molecule has 7 nitrogen and oxygen atoms in total. The molecule has 1 saturated heterocycles. The van der Waals surface area contributed by atoms with Gasteiger partial charge in [-0.1, -0.05) is 0 Å². The van der Waals surface area contributed by atoms with Crippen LogP contribution in [0.1, 0.15) is 19.8 Å². The molecule has 0 bridgehead atoms. The molecule has 0 aliphatic carbocycles. The van der Waals surface area contributed by atoms with Crippen LogP contribution in [-0.4, -0.2) is 46.7 Å². The molecule has 150 valence electrons. The van der Waals surface area contributed by atoms with E-state index in [2.05, 4.69) is 20.6 Å². The molecule has 1 amide bonds. The van der Waals surface area contributed by atoms with Gasteiger partial charge in [0, 0.05) is 25.3 Å². The van der Waals surface area contributed by atoms with Gasteiger partial charge in [0.2, 0.25) is 5.95 Å². The molecule has 10 heteroatoms. The lowest BCUT2D eigenvalue weighted by Gasteiger charge is -2.31. The van der Waals surface area contributed by atoms with E-state index in [4.69, 9.17) is 4.74 Å². The number of ether oxygens (including phenoxy) is 1. The van der Waals surface area contributed by atoms with Crippen LogP contribution in [0, 0.1) is 17.5 Å². The highest BCUT2D eigenvalue weighted by atomic mass is 19.2. The third-order valence-corrected chi connectivity index (χ3v) is 4.31. The standard InChI is InChI=1S/C18H20F3N5O2/c1-2-28-18(27)26-9-6-11(7-10-26)23-14-5-8-22-17(25-14)24-13-4-3-12(19)15(20)16(13)21/h3-5,8,11H,2,6-7,9-10H2,1H3,(H2,22,23,24,25). The fourth-order valence-corrected chi connectivity index (χ4v) is 2.87. The van der Waals surface area contributed by atoms with Crippen LogP contribution in [-0.2, 0) is 4.74 Å². The highest BCUT2D eigenvalue weighted by Gasteiger charge is 2.23. The number of anilines is 3. The smallest absolute Gasteiger partial charge is 0.409 e. The lowest BCUT2D eigenvalue weighted by atomic mass is 10.1. The predicted molar refractivity (Wildman–Crippen MR) is 96.9 cm³/mol. The topological polar surface area (TPSA) is 79.4 Å². The van der Waals surface area contributed by atoms with Crippen molar-refractivity contribution in [2.45, 2.75) is 25.8 Å². The van der Waals surface area contributed by atoms with Crippen LogP contribution in [0.5, 0.6) is 0 Å². The molecule has 1 aromatic heterocycles. The first-order chi connectivity index (χ1) is 13.5. The van der Waals surface area contributed by atoms with Crippen LogP contribution in [0.3, 0.4) is 0 Å². The number of piperidine rings is 1. The highest BCUT2D eigenvalue weighted by molar-refractivity contribution is 5.67. The molecule has 1 aliphatic rings. The van der Waals surface area contributed by atoms with Gasteiger partial charge in [0.15, 0.2) is 17.5 Å². The second kappa shape index (κ2) is 8.77. The van der Waals surface area contributed by atoms with Crippen LogP contribution in [0.4, 0.5) is 35.4 Å². The summed E-state index contributed by atoms with van der Waals surface area (Å²) in [6, 6.07) is 3.63. The van der Waals surface area contributed by atoms with Crippen LogP contribution >= 0.6 is 0 Å². The monoisotopic (exact) mass is 395 g/mol. The van der Waals surface area contributed by atoms with Crippen LogP contribution < -0.4 is 10.6 Å². The number of rotatable bonds is 5. The van der Waals surface area contributed by atoms with E-state index in [-0.39, 0.29) is 23.8 Å². The van der Waals surface area contributed by atoms with E-state index in [0.29, 0.717) is 38.4 Å². The SMILES string of the molecule is CCOC(=O)N1CCC(Nc2ccnc(Nc3ccc(F)c(F)c3F)n2)CC1. The van der Waals surface area contributed by atoms with Crippen molar-refractivity contribution >= 4 is 23.5 Å². The summed E-state index contributed by atoms with van der Waals surface area (Å²) < 4.78 is 45.1. The number of hydrogen-bond acceptors (Lipinski definition) is 6. The third-order valence-electron chi connectivity index (χ3n) is 4.31. The average molecular weight is 395 g/mol. The first-order valence-corrected chi connectivity index (χ1v) is 8.89. The summed E-state index contributed by atoms with van der Waals surface area (Å²) in [6.07, 6.45) is 2.57. The zero-order chi connectivity index (χ0) is 20.1. The number of likely N-dealkylation sites (tertiary alicyclic amines) is 1. The highest BCUT2D eigenvalue weighted by Crippen LogP contribution is 2.23. The Hall–Kier alpha value is -3.04. The number of nitrogens with one attached hydrogen (secondary N) is 2. The van der Waals surface area contributed by atoms with E-state index in [1.165, 1.54) is 6.20 Å². The van der Waals surface area contributed by atoms with Gasteiger partial charge in [0.1, 0.15) is 5.82 Å². The number of carbonyl (C=O) groups excluding carboxylic acids is 1. The molecule has 0 spiro atoms. The lowest BCUT2D eigenvalue weighted by Crippen LogP contribution is -2.42. The summed E-state index contributed by atoms with van der Waals surface area (Å²) in [4.78, 5) is 21.6. The van der Waals surface area contributed by atoms with E-state index >= 15 is 0 Å². The molecular formula is C18H20F3N5O2. The van der Waals surface area contributed by atoms with Gasteiger partial charge in [-0.25, -0.2) is 22.9 Å². The van der Waals surface area contributed by atoms with E-state index < -0.39 is 17.5 Å². The molecular weight excluding hydrogens is 375 g/mol. The summed E-state index contributed by atoms with van der Waals surface area (Å²) >= 11 is 0. The van der Waals surface area contributed by atoms with Crippen molar-refractivity contribution in [2.24, 2.45) is 0 Å². The van der Waals surface area contributed by atoms with Gasteiger partial charge < -0.3 is 20.3 Å². The van der Waals surface area contributed by atoms with Gasteiger partial charge in [-0.3, -0.25) is 0 Å². The van der Waals surface area contributed by atoms with E-state index in [1.807, 2.05) is 0 Å². The molecule has 1 aromatic carbocycles. The number of hydrogen-bond donors (Lipinski definition) is 2. The van der Waals surface area contributed by atoms with Gasteiger partial charge in [-0.05, 0) is 38.0 Å². The van der Waals surface area contributed by atoms with Crippen LogP contribution in [0.15, 0.2) is 24.4 Å². The fourth-order valence-electron chi connectivity index (χ4n) is 2.87.